The summed E-state index contributed by atoms with van der Waals surface area (Å²) in [6, 6.07) is 17.6. The highest BCUT2D eigenvalue weighted by Crippen LogP contribution is 2.35. The molecule has 3 amide bonds. The molecule has 3 heterocycles. The molecule has 5 rings (SSSR count). The lowest BCUT2D eigenvalue weighted by molar-refractivity contribution is -0.128. The van der Waals surface area contributed by atoms with Crippen molar-refractivity contribution in [2.45, 2.75) is 44.5 Å². The van der Waals surface area contributed by atoms with Crippen molar-refractivity contribution in [3.05, 3.63) is 83.8 Å². The minimum absolute atomic E-state index is 0.106. The van der Waals surface area contributed by atoms with Crippen LogP contribution in [0.2, 0.25) is 0 Å². The zero-order valence-corrected chi connectivity index (χ0v) is 21.8. The molecule has 0 saturated carbocycles. The number of aryl methyl sites for hydroxylation is 1. The number of rotatable bonds is 8. The monoisotopic (exact) mass is 529 g/mol. The Morgan fingerprint density at radius 2 is 1.97 bits per heavy atom. The van der Waals surface area contributed by atoms with E-state index in [0.717, 1.165) is 5.56 Å². The summed E-state index contributed by atoms with van der Waals surface area (Å²) in [7, 11) is 0. The van der Waals surface area contributed by atoms with Gasteiger partial charge in [0, 0.05) is 11.3 Å². The molecular weight excluding hydrogens is 502 g/mol. The van der Waals surface area contributed by atoms with Gasteiger partial charge in [-0.3, -0.25) is 19.4 Å². The van der Waals surface area contributed by atoms with Gasteiger partial charge in [0.2, 0.25) is 11.8 Å². The van der Waals surface area contributed by atoms with Crippen LogP contribution in [0, 0.1) is 6.92 Å². The zero-order chi connectivity index (χ0) is 26.6. The molecule has 0 bridgehead atoms. The summed E-state index contributed by atoms with van der Waals surface area (Å²) < 4.78 is 5.25. The Bertz CT molecular complexity index is 1430. The number of para-hydroxylation sites is 1. The molecule has 0 saturated heterocycles. The Balaban J connectivity index is 1.35. The average molecular weight is 530 g/mol. The third kappa shape index (κ3) is 5.40. The molecule has 9 nitrogen and oxygen atoms in total. The summed E-state index contributed by atoms with van der Waals surface area (Å²) in [6.45, 7) is 4.11. The van der Waals surface area contributed by atoms with Crippen molar-refractivity contribution in [3.8, 4) is 0 Å². The molecule has 1 aromatic heterocycles. The standard InChI is InChI=1S/C28H27N5O4S/c1-3-23(26(35)30-18-9-6-8-17(2)14-18)38-28-32-21-12-5-4-11-20(21)25-31-22(27(36)33(25)28)15-24(34)29-16-19-10-7-13-37-19/h4-14,22-23H,3,15-16H2,1-2H3,(H,29,34)(H,30,35)/t22-,23-/m0/s1. The van der Waals surface area contributed by atoms with Crippen LogP contribution in [0.4, 0.5) is 11.4 Å². The van der Waals surface area contributed by atoms with Crippen LogP contribution in [0.15, 0.2) is 81.3 Å². The van der Waals surface area contributed by atoms with Gasteiger partial charge < -0.3 is 15.1 Å². The molecule has 10 heteroatoms. The van der Waals surface area contributed by atoms with Crippen LogP contribution < -0.4 is 10.6 Å². The number of fused-ring (bicyclic) bond motifs is 3. The van der Waals surface area contributed by atoms with Crippen molar-refractivity contribution in [3.63, 3.8) is 0 Å². The van der Waals surface area contributed by atoms with Gasteiger partial charge in [0.05, 0.1) is 30.2 Å². The predicted octanol–water partition coefficient (Wildman–Crippen LogP) is 4.40. The lowest BCUT2D eigenvalue weighted by Gasteiger charge is -2.27. The highest BCUT2D eigenvalue weighted by Gasteiger charge is 2.43. The van der Waals surface area contributed by atoms with E-state index in [9.17, 15) is 14.4 Å². The Labute approximate surface area is 224 Å². The minimum Gasteiger partial charge on any atom is -0.467 e. The number of aliphatic imine (C=N–C) groups is 2. The van der Waals surface area contributed by atoms with Crippen molar-refractivity contribution in [1.82, 2.24) is 10.2 Å². The number of nitrogens with one attached hydrogen (secondary N) is 2. The Hall–Kier alpha value is -4.18. The molecule has 0 radical (unpaired) electrons. The third-order valence-corrected chi connectivity index (χ3v) is 7.48. The number of carbonyl (C=O) groups excluding carboxylic acids is 3. The largest absolute Gasteiger partial charge is 0.467 e. The summed E-state index contributed by atoms with van der Waals surface area (Å²) in [5.74, 6) is 0.230. The lowest BCUT2D eigenvalue weighted by atomic mass is 10.1. The van der Waals surface area contributed by atoms with Crippen molar-refractivity contribution >= 4 is 51.9 Å². The zero-order valence-electron chi connectivity index (χ0n) is 21.0. The second kappa shape index (κ2) is 11.1. The van der Waals surface area contributed by atoms with Crippen molar-refractivity contribution < 1.29 is 18.8 Å². The maximum absolute atomic E-state index is 13.5. The lowest BCUT2D eigenvalue weighted by Crippen LogP contribution is -2.43. The summed E-state index contributed by atoms with van der Waals surface area (Å²) in [5, 5.41) is 5.61. The van der Waals surface area contributed by atoms with Crippen LogP contribution in [0.5, 0.6) is 0 Å². The summed E-state index contributed by atoms with van der Waals surface area (Å²) in [5.41, 5.74) is 3.13. The van der Waals surface area contributed by atoms with E-state index in [2.05, 4.69) is 15.6 Å². The van der Waals surface area contributed by atoms with Crippen LogP contribution in [-0.4, -0.2) is 44.9 Å². The number of anilines is 1. The fraction of sp³-hybridized carbons (Fsp3) is 0.250. The molecule has 2 atom stereocenters. The molecule has 0 aliphatic carbocycles. The Morgan fingerprint density at radius 1 is 1.13 bits per heavy atom. The summed E-state index contributed by atoms with van der Waals surface area (Å²) >= 11 is 1.22. The van der Waals surface area contributed by atoms with Gasteiger partial charge in [-0.1, -0.05) is 43.0 Å². The van der Waals surface area contributed by atoms with Gasteiger partial charge in [-0.15, -0.1) is 0 Å². The molecule has 2 aliphatic heterocycles. The number of furan rings is 1. The van der Waals surface area contributed by atoms with Crippen LogP contribution in [0.3, 0.4) is 0 Å². The van der Waals surface area contributed by atoms with Crippen LogP contribution >= 0.6 is 11.8 Å². The Morgan fingerprint density at radius 3 is 2.74 bits per heavy atom. The number of nitrogens with zero attached hydrogens (tertiary/aromatic N) is 3. The first kappa shape index (κ1) is 25.5. The van der Waals surface area contributed by atoms with Crippen LogP contribution in [0.25, 0.3) is 0 Å². The molecule has 2 N–H and O–H groups in total. The average Bonchev–Trinajstić information content (AvgIpc) is 3.54. The molecule has 3 aromatic rings. The van der Waals surface area contributed by atoms with Gasteiger partial charge in [0.1, 0.15) is 17.6 Å². The molecule has 2 aliphatic rings. The maximum atomic E-state index is 13.5. The number of benzene rings is 2. The maximum Gasteiger partial charge on any atom is 0.259 e. The number of amidine groups is 2. The van der Waals surface area contributed by atoms with Gasteiger partial charge in [-0.25, -0.2) is 9.89 Å². The van der Waals surface area contributed by atoms with Crippen molar-refractivity contribution in [2.24, 2.45) is 9.98 Å². The van der Waals surface area contributed by atoms with E-state index in [1.165, 1.54) is 22.9 Å². The van der Waals surface area contributed by atoms with Gasteiger partial charge in [-0.05, 0) is 55.3 Å². The van der Waals surface area contributed by atoms with E-state index in [-0.39, 0.29) is 30.7 Å². The van der Waals surface area contributed by atoms with E-state index < -0.39 is 11.3 Å². The number of hydrogen-bond acceptors (Lipinski definition) is 7. The predicted molar refractivity (Wildman–Crippen MR) is 147 cm³/mol. The van der Waals surface area contributed by atoms with Crippen LogP contribution in [0.1, 0.15) is 36.7 Å². The molecule has 0 unspecified atom stereocenters. The second-order valence-electron chi connectivity index (χ2n) is 8.99. The number of carbonyl (C=O) groups is 3. The number of amides is 3. The van der Waals surface area contributed by atoms with Gasteiger partial charge in [0.15, 0.2) is 5.17 Å². The SMILES string of the molecule is CC[C@H](SC1=Nc2ccccc2C2=N[C@@H](CC(=O)NCc3ccco3)C(=O)N12)C(=O)Nc1cccc(C)c1. The molecule has 38 heavy (non-hydrogen) atoms. The van der Waals surface area contributed by atoms with Crippen molar-refractivity contribution in [1.29, 1.82) is 0 Å². The fourth-order valence-corrected chi connectivity index (χ4v) is 5.28. The van der Waals surface area contributed by atoms with Gasteiger partial charge in [-0.2, -0.15) is 0 Å². The quantitative estimate of drug-likeness (QED) is 0.449. The smallest absolute Gasteiger partial charge is 0.259 e. The molecule has 0 spiro atoms. The van der Waals surface area contributed by atoms with Gasteiger partial charge >= 0.3 is 0 Å². The molecule has 194 valence electrons. The number of thioether (sulfide) groups is 1. The van der Waals surface area contributed by atoms with Crippen LogP contribution in [-0.2, 0) is 20.9 Å². The van der Waals surface area contributed by atoms with Gasteiger partial charge in [0.25, 0.3) is 5.91 Å². The first-order valence-electron chi connectivity index (χ1n) is 12.4. The van der Waals surface area contributed by atoms with E-state index in [1.54, 1.807) is 12.1 Å². The molecule has 0 fully saturated rings. The highest BCUT2D eigenvalue weighted by molar-refractivity contribution is 8.15. The number of hydrogen-bond donors (Lipinski definition) is 2. The summed E-state index contributed by atoms with van der Waals surface area (Å²) in [4.78, 5) is 50.1. The topological polar surface area (TPSA) is 116 Å². The normalized spacial score (nSPS) is 16.7. The third-order valence-electron chi connectivity index (χ3n) is 6.16. The van der Waals surface area contributed by atoms with E-state index in [0.29, 0.717) is 40.1 Å². The van der Waals surface area contributed by atoms with E-state index >= 15 is 0 Å². The highest BCUT2D eigenvalue weighted by atomic mass is 32.2. The molecule has 2 aromatic carbocycles. The van der Waals surface area contributed by atoms with Crippen molar-refractivity contribution in [2.75, 3.05) is 5.32 Å². The summed E-state index contributed by atoms with van der Waals surface area (Å²) in [6.07, 6.45) is 1.95. The van der Waals surface area contributed by atoms with E-state index in [4.69, 9.17) is 9.41 Å². The first-order chi connectivity index (χ1) is 18.4. The molecular formula is C28H27N5O4S. The fourth-order valence-electron chi connectivity index (χ4n) is 4.26. The van der Waals surface area contributed by atoms with E-state index in [1.807, 2.05) is 62.4 Å². The first-order valence-corrected chi connectivity index (χ1v) is 13.2. The Kier molecular flexibility index (Phi) is 7.41. The second-order valence-corrected chi connectivity index (χ2v) is 10.2. The minimum atomic E-state index is -0.889.